The molecule has 138 valence electrons. The molecule has 0 bridgehead atoms. The third-order valence-corrected chi connectivity index (χ3v) is 5.14. The number of ether oxygens (including phenoxy) is 1. The summed E-state index contributed by atoms with van der Waals surface area (Å²) in [5.41, 5.74) is 5.66. The molecule has 0 fully saturated rings. The Bertz CT molecular complexity index is 1100. The maximum absolute atomic E-state index is 12.4. The molecule has 0 radical (unpaired) electrons. The zero-order valence-electron chi connectivity index (χ0n) is 15.0. The lowest BCUT2D eigenvalue weighted by atomic mass is 10.0. The average molecular weight is 383 g/mol. The molecule has 4 rings (SSSR count). The van der Waals surface area contributed by atoms with E-state index in [1.165, 1.54) is 0 Å². The summed E-state index contributed by atoms with van der Waals surface area (Å²) in [7, 11) is 0. The summed E-state index contributed by atoms with van der Waals surface area (Å²) in [6.07, 6.45) is 1.50. The van der Waals surface area contributed by atoms with Crippen molar-refractivity contribution >= 4 is 28.5 Å². The molecule has 0 spiro atoms. The van der Waals surface area contributed by atoms with Gasteiger partial charge in [-0.15, -0.1) is 11.6 Å². The minimum absolute atomic E-state index is 0.0379. The van der Waals surface area contributed by atoms with E-state index in [4.69, 9.17) is 21.3 Å². The second-order valence-electron chi connectivity index (χ2n) is 6.73. The van der Waals surface area contributed by atoms with Crippen LogP contribution >= 0.6 is 11.6 Å². The summed E-state index contributed by atoms with van der Waals surface area (Å²) in [4.78, 5) is 28.4. The largest absolute Gasteiger partial charge is 0.465 e. The number of nitrogens with zero attached hydrogens (tertiary/aromatic N) is 2. The molecule has 6 heteroatoms. The average Bonchev–Trinajstić information content (AvgIpc) is 3.04. The summed E-state index contributed by atoms with van der Waals surface area (Å²) < 4.78 is 6.83. The minimum Gasteiger partial charge on any atom is -0.465 e. The fraction of sp³-hybridized carbons (Fsp3) is 0.286. The highest BCUT2D eigenvalue weighted by Gasteiger charge is 2.22. The van der Waals surface area contributed by atoms with E-state index >= 15 is 0 Å². The Balaban J connectivity index is 1.65. The zero-order valence-corrected chi connectivity index (χ0v) is 15.8. The van der Waals surface area contributed by atoms with Gasteiger partial charge in [0, 0.05) is 16.5 Å². The second-order valence-corrected chi connectivity index (χ2v) is 7.00. The number of pyridine rings is 2. The van der Waals surface area contributed by atoms with Crippen LogP contribution in [-0.4, -0.2) is 28.0 Å². The standard InChI is InChI=1S/C21H19ClN2O3/c1-13-7-8-18-20-15(12-24(18)21(13)26)10-16-14(4-2-6-17(16)23-20)5-3-9-27-19(25)11-22/h2,4,6-8,10H,3,5,9,11-12H2,1H3. The van der Waals surface area contributed by atoms with E-state index in [1.807, 2.05) is 31.2 Å². The van der Waals surface area contributed by atoms with Crippen molar-refractivity contribution in [2.24, 2.45) is 0 Å². The molecule has 5 nitrogen and oxygen atoms in total. The number of aromatic nitrogens is 2. The van der Waals surface area contributed by atoms with E-state index in [1.54, 1.807) is 4.57 Å². The van der Waals surface area contributed by atoms with Gasteiger partial charge in [-0.2, -0.15) is 0 Å². The van der Waals surface area contributed by atoms with Gasteiger partial charge in [0.05, 0.1) is 30.1 Å². The Kier molecular flexibility index (Phi) is 4.70. The van der Waals surface area contributed by atoms with Crippen LogP contribution < -0.4 is 5.56 Å². The molecular weight excluding hydrogens is 364 g/mol. The van der Waals surface area contributed by atoms with Gasteiger partial charge in [-0.25, -0.2) is 4.98 Å². The lowest BCUT2D eigenvalue weighted by Crippen LogP contribution is -2.20. The third-order valence-electron chi connectivity index (χ3n) is 4.93. The predicted octanol–water partition coefficient (Wildman–Crippen LogP) is 3.45. The van der Waals surface area contributed by atoms with Crippen molar-refractivity contribution in [3.8, 4) is 11.4 Å². The van der Waals surface area contributed by atoms with Crippen molar-refractivity contribution in [3.63, 3.8) is 0 Å². The Morgan fingerprint density at radius 3 is 2.96 bits per heavy atom. The third kappa shape index (κ3) is 3.23. The van der Waals surface area contributed by atoms with Gasteiger partial charge in [-0.3, -0.25) is 9.59 Å². The van der Waals surface area contributed by atoms with Crippen LogP contribution in [-0.2, 0) is 22.5 Å². The van der Waals surface area contributed by atoms with E-state index < -0.39 is 5.97 Å². The summed E-state index contributed by atoms with van der Waals surface area (Å²) in [5.74, 6) is -0.517. The van der Waals surface area contributed by atoms with Crippen LogP contribution in [0.5, 0.6) is 0 Å². The molecule has 0 aliphatic carbocycles. The van der Waals surface area contributed by atoms with Crippen LogP contribution in [0.2, 0.25) is 0 Å². The van der Waals surface area contributed by atoms with Gasteiger partial charge in [0.1, 0.15) is 5.88 Å². The van der Waals surface area contributed by atoms with Crippen molar-refractivity contribution < 1.29 is 9.53 Å². The van der Waals surface area contributed by atoms with Gasteiger partial charge in [-0.1, -0.05) is 18.2 Å². The number of esters is 1. The first kappa shape index (κ1) is 17.7. The van der Waals surface area contributed by atoms with Crippen molar-refractivity contribution in [2.45, 2.75) is 26.3 Å². The van der Waals surface area contributed by atoms with Gasteiger partial charge in [0.2, 0.25) is 0 Å². The monoisotopic (exact) mass is 382 g/mol. The molecule has 1 aliphatic heterocycles. The normalized spacial score (nSPS) is 12.1. The molecule has 0 atom stereocenters. The van der Waals surface area contributed by atoms with E-state index in [2.05, 4.69) is 12.1 Å². The number of halogens is 1. The molecule has 3 aromatic rings. The minimum atomic E-state index is -0.396. The number of benzene rings is 1. The molecule has 0 saturated carbocycles. The SMILES string of the molecule is Cc1ccc2n(c1=O)Cc1cc3c(CCCOC(=O)CCl)cccc3nc1-2. The van der Waals surface area contributed by atoms with Crippen LogP contribution in [0.15, 0.2) is 41.2 Å². The van der Waals surface area contributed by atoms with Gasteiger partial charge >= 0.3 is 5.97 Å². The highest BCUT2D eigenvalue weighted by molar-refractivity contribution is 6.26. The number of carbonyl (C=O) groups is 1. The van der Waals surface area contributed by atoms with Gasteiger partial charge in [0.25, 0.3) is 5.56 Å². The number of carbonyl (C=O) groups excluding carboxylic acids is 1. The zero-order chi connectivity index (χ0) is 19.0. The summed E-state index contributed by atoms with van der Waals surface area (Å²) in [5, 5.41) is 1.08. The number of hydrogen-bond donors (Lipinski definition) is 0. The summed E-state index contributed by atoms with van der Waals surface area (Å²) in [6, 6.07) is 12.0. The molecule has 0 N–H and O–H groups in total. The Morgan fingerprint density at radius 2 is 2.15 bits per heavy atom. The first-order valence-corrected chi connectivity index (χ1v) is 9.46. The molecule has 0 unspecified atom stereocenters. The van der Waals surface area contributed by atoms with Crippen molar-refractivity contribution in [1.29, 1.82) is 0 Å². The summed E-state index contributed by atoms with van der Waals surface area (Å²) >= 11 is 5.43. The van der Waals surface area contributed by atoms with Crippen LogP contribution in [0.4, 0.5) is 0 Å². The van der Waals surface area contributed by atoms with E-state index in [-0.39, 0.29) is 11.4 Å². The fourth-order valence-corrected chi connectivity index (χ4v) is 3.64. The fourth-order valence-electron chi connectivity index (χ4n) is 3.57. The molecule has 0 saturated heterocycles. The van der Waals surface area contributed by atoms with Gasteiger partial charge in [0.15, 0.2) is 0 Å². The van der Waals surface area contributed by atoms with Crippen molar-refractivity contribution in [2.75, 3.05) is 12.5 Å². The van der Waals surface area contributed by atoms with E-state index in [0.29, 0.717) is 13.2 Å². The lowest BCUT2D eigenvalue weighted by molar-refractivity contribution is -0.140. The maximum atomic E-state index is 12.4. The topological polar surface area (TPSA) is 61.2 Å². The summed E-state index contributed by atoms with van der Waals surface area (Å²) in [6.45, 7) is 2.73. The van der Waals surface area contributed by atoms with Crippen LogP contribution in [0, 0.1) is 6.92 Å². The van der Waals surface area contributed by atoms with E-state index in [0.717, 1.165) is 51.8 Å². The number of fused-ring (bicyclic) bond motifs is 4. The predicted molar refractivity (Wildman–Crippen MR) is 105 cm³/mol. The quantitative estimate of drug-likeness (QED) is 0.301. The Morgan fingerprint density at radius 1 is 1.30 bits per heavy atom. The Hall–Kier alpha value is -2.66. The molecule has 0 amide bonds. The van der Waals surface area contributed by atoms with Crippen LogP contribution in [0.3, 0.4) is 0 Å². The molecule has 2 aromatic heterocycles. The maximum Gasteiger partial charge on any atom is 0.320 e. The number of rotatable bonds is 5. The van der Waals surface area contributed by atoms with Crippen LogP contribution in [0.1, 0.15) is 23.1 Å². The molecule has 3 heterocycles. The highest BCUT2D eigenvalue weighted by atomic mass is 35.5. The van der Waals surface area contributed by atoms with Gasteiger partial charge < -0.3 is 9.30 Å². The van der Waals surface area contributed by atoms with Crippen LogP contribution in [0.25, 0.3) is 22.3 Å². The lowest BCUT2D eigenvalue weighted by Gasteiger charge is -2.09. The van der Waals surface area contributed by atoms with Crippen molar-refractivity contribution in [3.05, 3.63) is 63.4 Å². The molecule has 1 aliphatic rings. The van der Waals surface area contributed by atoms with E-state index in [9.17, 15) is 9.59 Å². The van der Waals surface area contributed by atoms with Crippen molar-refractivity contribution in [1.82, 2.24) is 9.55 Å². The first-order valence-electron chi connectivity index (χ1n) is 8.92. The Labute approximate surface area is 161 Å². The van der Waals surface area contributed by atoms with Gasteiger partial charge in [-0.05, 0) is 43.5 Å². The molecule has 27 heavy (non-hydrogen) atoms. The number of hydrogen-bond acceptors (Lipinski definition) is 4. The molecular formula is C21H19ClN2O3. The number of alkyl halides is 1. The number of aryl methyl sites for hydroxylation is 2. The highest BCUT2D eigenvalue weighted by Crippen LogP contribution is 2.32. The molecule has 1 aromatic carbocycles. The first-order chi connectivity index (χ1) is 13.1. The second kappa shape index (κ2) is 7.16. The smallest absolute Gasteiger partial charge is 0.320 e.